The third-order valence-electron chi connectivity index (χ3n) is 4.04. The SMILES string of the molecule is Cc1cc(CON=C(N)c2ccc(N3CCC(O)CC3)cc2)no1. The summed E-state index contributed by atoms with van der Waals surface area (Å²) < 4.78 is 4.95. The monoisotopic (exact) mass is 330 g/mol. The molecule has 128 valence electrons. The van der Waals surface area contributed by atoms with E-state index in [-0.39, 0.29) is 12.7 Å². The second kappa shape index (κ2) is 7.35. The van der Waals surface area contributed by atoms with Crippen molar-refractivity contribution in [2.75, 3.05) is 18.0 Å². The van der Waals surface area contributed by atoms with Crippen molar-refractivity contribution in [1.82, 2.24) is 5.16 Å². The predicted octanol–water partition coefficient (Wildman–Crippen LogP) is 1.78. The van der Waals surface area contributed by atoms with E-state index in [1.165, 1.54) is 0 Å². The predicted molar refractivity (Wildman–Crippen MR) is 90.6 cm³/mol. The first kappa shape index (κ1) is 16.3. The lowest BCUT2D eigenvalue weighted by Gasteiger charge is -2.31. The van der Waals surface area contributed by atoms with E-state index in [9.17, 15) is 5.11 Å². The molecule has 0 spiro atoms. The Morgan fingerprint density at radius 3 is 2.71 bits per heavy atom. The molecule has 2 aromatic rings. The van der Waals surface area contributed by atoms with Gasteiger partial charge in [0, 0.05) is 30.4 Å². The van der Waals surface area contributed by atoms with E-state index in [2.05, 4.69) is 15.2 Å². The Bertz CT molecular complexity index is 688. The first-order valence-electron chi connectivity index (χ1n) is 8.03. The molecule has 3 rings (SSSR count). The molecule has 1 aliphatic heterocycles. The fraction of sp³-hybridized carbons (Fsp3) is 0.412. The highest BCUT2D eigenvalue weighted by Gasteiger charge is 2.17. The van der Waals surface area contributed by atoms with E-state index in [0.29, 0.717) is 11.5 Å². The van der Waals surface area contributed by atoms with E-state index in [1.807, 2.05) is 31.2 Å². The number of nitrogens with zero attached hydrogens (tertiary/aromatic N) is 3. The third-order valence-corrected chi connectivity index (χ3v) is 4.04. The first-order chi connectivity index (χ1) is 11.6. The van der Waals surface area contributed by atoms with Crippen LogP contribution in [0.25, 0.3) is 0 Å². The molecule has 1 aromatic heterocycles. The minimum absolute atomic E-state index is 0.172. The van der Waals surface area contributed by atoms with Crippen LogP contribution in [0.3, 0.4) is 0 Å². The van der Waals surface area contributed by atoms with Crippen molar-refractivity contribution >= 4 is 11.5 Å². The fourth-order valence-electron chi connectivity index (χ4n) is 2.67. The summed E-state index contributed by atoms with van der Waals surface area (Å²) in [6.45, 7) is 3.76. The zero-order valence-electron chi connectivity index (χ0n) is 13.7. The molecule has 0 atom stereocenters. The number of benzene rings is 1. The molecule has 0 saturated carbocycles. The molecule has 24 heavy (non-hydrogen) atoms. The van der Waals surface area contributed by atoms with Gasteiger partial charge in [-0.2, -0.15) is 0 Å². The molecule has 3 N–H and O–H groups in total. The van der Waals surface area contributed by atoms with E-state index < -0.39 is 0 Å². The molecule has 1 aliphatic rings. The Hall–Kier alpha value is -2.54. The van der Waals surface area contributed by atoms with Crippen molar-refractivity contribution in [2.45, 2.75) is 32.5 Å². The summed E-state index contributed by atoms with van der Waals surface area (Å²) in [5, 5.41) is 17.3. The van der Waals surface area contributed by atoms with Gasteiger partial charge in [-0.25, -0.2) is 0 Å². The van der Waals surface area contributed by atoms with E-state index in [4.69, 9.17) is 15.1 Å². The van der Waals surface area contributed by atoms with Gasteiger partial charge >= 0.3 is 0 Å². The molecule has 0 amide bonds. The number of anilines is 1. The van der Waals surface area contributed by atoms with Crippen molar-refractivity contribution in [3.8, 4) is 0 Å². The van der Waals surface area contributed by atoms with Crippen LogP contribution in [0.5, 0.6) is 0 Å². The summed E-state index contributed by atoms with van der Waals surface area (Å²) in [5.41, 5.74) is 8.54. The first-order valence-corrected chi connectivity index (χ1v) is 8.03. The number of hydrogen-bond donors (Lipinski definition) is 2. The third kappa shape index (κ3) is 4.05. The number of aryl methyl sites for hydroxylation is 1. The topological polar surface area (TPSA) is 97.1 Å². The van der Waals surface area contributed by atoms with Crippen LogP contribution in [-0.2, 0) is 11.4 Å². The quantitative estimate of drug-likeness (QED) is 0.493. The van der Waals surface area contributed by atoms with Crippen LogP contribution in [0.15, 0.2) is 40.0 Å². The van der Waals surface area contributed by atoms with Crippen molar-refractivity contribution in [1.29, 1.82) is 0 Å². The Morgan fingerprint density at radius 1 is 1.38 bits per heavy atom. The van der Waals surface area contributed by atoms with Gasteiger partial charge in [0.2, 0.25) is 0 Å². The molecule has 0 unspecified atom stereocenters. The Morgan fingerprint density at radius 2 is 2.08 bits per heavy atom. The number of nitrogens with two attached hydrogens (primary N) is 1. The van der Waals surface area contributed by atoms with Crippen LogP contribution in [0.1, 0.15) is 29.9 Å². The van der Waals surface area contributed by atoms with Gasteiger partial charge in [-0.15, -0.1) is 0 Å². The number of aromatic nitrogens is 1. The molecular weight excluding hydrogens is 308 g/mol. The zero-order chi connectivity index (χ0) is 16.9. The normalized spacial score (nSPS) is 16.4. The molecule has 0 aliphatic carbocycles. The molecule has 0 bridgehead atoms. The summed E-state index contributed by atoms with van der Waals surface area (Å²) in [5.74, 6) is 1.04. The van der Waals surface area contributed by atoms with Gasteiger partial charge in [-0.3, -0.25) is 0 Å². The summed E-state index contributed by atoms with van der Waals surface area (Å²) in [6, 6.07) is 9.65. The number of rotatable bonds is 5. The van der Waals surface area contributed by atoms with Gasteiger partial charge in [0.25, 0.3) is 0 Å². The van der Waals surface area contributed by atoms with Crippen molar-refractivity contribution in [3.63, 3.8) is 0 Å². The zero-order valence-corrected chi connectivity index (χ0v) is 13.7. The van der Waals surface area contributed by atoms with Crippen molar-refractivity contribution in [3.05, 3.63) is 47.3 Å². The lowest BCUT2D eigenvalue weighted by Crippen LogP contribution is -2.35. The summed E-state index contributed by atoms with van der Waals surface area (Å²) in [6.07, 6.45) is 1.44. The van der Waals surface area contributed by atoms with Crippen LogP contribution in [0.4, 0.5) is 5.69 Å². The second-order valence-corrected chi connectivity index (χ2v) is 5.94. The lowest BCUT2D eigenvalue weighted by atomic mass is 10.1. The molecule has 7 nitrogen and oxygen atoms in total. The average molecular weight is 330 g/mol. The Kier molecular flexibility index (Phi) is 5.00. The molecule has 1 fully saturated rings. The highest BCUT2D eigenvalue weighted by Crippen LogP contribution is 2.20. The van der Waals surface area contributed by atoms with E-state index >= 15 is 0 Å². The lowest BCUT2D eigenvalue weighted by molar-refractivity contribution is 0.124. The van der Waals surface area contributed by atoms with Crippen LogP contribution in [0, 0.1) is 6.92 Å². The molecule has 2 heterocycles. The van der Waals surface area contributed by atoms with Gasteiger partial charge in [0.1, 0.15) is 11.5 Å². The Balaban J connectivity index is 1.56. The highest BCUT2D eigenvalue weighted by atomic mass is 16.6. The van der Waals surface area contributed by atoms with Gasteiger partial charge < -0.3 is 25.1 Å². The van der Waals surface area contributed by atoms with E-state index in [0.717, 1.165) is 42.9 Å². The van der Waals surface area contributed by atoms with Crippen molar-refractivity contribution in [2.24, 2.45) is 10.9 Å². The maximum Gasteiger partial charge on any atom is 0.170 e. The van der Waals surface area contributed by atoms with Gasteiger partial charge in [-0.1, -0.05) is 10.3 Å². The maximum atomic E-state index is 9.57. The molecule has 7 heteroatoms. The second-order valence-electron chi connectivity index (χ2n) is 5.94. The van der Waals surface area contributed by atoms with Gasteiger partial charge in [0.05, 0.1) is 6.10 Å². The number of oxime groups is 1. The summed E-state index contributed by atoms with van der Waals surface area (Å²) in [4.78, 5) is 7.47. The molecular formula is C17H22N4O3. The standard InChI is InChI=1S/C17H22N4O3/c1-12-10-14(19-24-12)11-23-20-17(18)13-2-4-15(5-3-13)21-8-6-16(22)7-9-21/h2-5,10,16,22H,6-9,11H2,1H3,(H2,18,20). The number of hydrogen-bond acceptors (Lipinski definition) is 6. The summed E-state index contributed by atoms with van der Waals surface area (Å²) in [7, 11) is 0. The highest BCUT2D eigenvalue weighted by molar-refractivity contribution is 5.97. The fourth-order valence-corrected chi connectivity index (χ4v) is 2.67. The number of amidine groups is 1. The Labute approximate surface area is 140 Å². The molecule has 0 radical (unpaired) electrons. The minimum atomic E-state index is -0.172. The van der Waals surface area contributed by atoms with E-state index in [1.54, 1.807) is 6.07 Å². The number of aliphatic hydroxyl groups excluding tert-OH is 1. The van der Waals surface area contributed by atoms with Gasteiger partial charge in [0.15, 0.2) is 12.4 Å². The molecule has 1 saturated heterocycles. The smallest absolute Gasteiger partial charge is 0.170 e. The van der Waals surface area contributed by atoms with Crippen LogP contribution in [0.2, 0.25) is 0 Å². The minimum Gasteiger partial charge on any atom is -0.393 e. The van der Waals surface area contributed by atoms with Crippen molar-refractivity contribution < 1.29 is 14.5 Å². The largest absolute Gasteiger partial charge is 0.393 e. The molecule has 1 aromatic carbocycles. The van der Waals surface area contributed by atoms with Crippen LogP contribution < -0.4 is 10.6 Å². The summed E-state index contributed by atoms with van der Waals surface area (Å²) >= 11 is 0. The van der Waals surface area contributed by atoms with Crippen LogP contribution in [-0.4, -0.2) is 35.3 Å². The number of aliphatic hydroxyl groups is 1. The maximum absolute atomic E-state index is 9.57. The van der Waals surface area contributed by atoms with Crippen LogP contribution >= 0.6 is 0 Å². The van der Waals surface area contributed by atoms with Gasteiger partial charge in [-0.05, 0) is 44.0 Å². The number of piperidine rings is 1. The average Bonchev–Trinajstić information content (AvgIpc) is 3.01.